The van der Waals surface area contributed by atoms with Gasteiger partial charge in [-0.25, -0.2) is 19.9 Å². The number of phenolic OH excluding ortho intramolecular Hbond substituents is 1. The fourth-order valence-corrected chi connectivity index (χ4v) is 6.04. The summed E-state index contributed by atoms with van der Waals surface area (Å²) < 4.78 is 1.93. The number of anilines is 2. The number of phenols is 1. The highest BCUT2D eigenvalue weighted by Crippen LogP contribution is 2.47. The van der Waals surface area contributed by atoms with Crippen molar-refractivity contribution in [2.45, 2.75) is 50.9 Å². The third kappa shape index (κ3) is 3.88. The van der Waals surface area contributed by atoms with Crippen LogP contribution < -0.4 is 11.1 Å². The Morgan fingerprint density at radius 3 is 2.62 bits per heavy atom. The number of nitrogen functional groups attached to an aromatic ring is 1. The smallest absolute Gasteiger partial charge is 0.240 e. The molecule has 4 heterocycles. The minimum atomic E-state index is -1.26. The van der Waals surface area contributed by atoms with Crippen molar-refractivity contribution in [1.29, 1.82) is 0 Å². The van der Waals surface area contributed by atoms with Crippen LogP contribution in [0.5, 0.6) is 5.75 Å². The van der Waals surface area contributed by atoms with E-state index in [9.17, 15) is 9.90 Å². The van der Waals surface area contributed by atoms with E-state index in [-0.39, 0.29) is 27.5 Å². The number of aromatic hydroxyl groups is 1. The molecule has 1 saturated carbocycles. The number of nitrogens with one attached hydrogen (secondary N) is 1. The van der Waals surface area contributed by atoms with E-state index in [4.69, 9.17) is 33.9 Å². The Morgan fingerprint density at radius 2 is 1.89 bits per heavy atom. The van der Waals surface area contributed by atoms with Crippen LogP contribution in [-0.4, -0.2) is 35.4 Å². The zero-order valence-corrected chi connectivity index (χ0v) is 21.6. The molecule has 1 aromatic carbocycles. The van der Waals surface area contributed by atoms with Crippen molar-refractivity contribution < 1.29 is 9.90 Å². The van der Waals surface area contributed by atoms with Crippen LogP contribution in [0.2, 0.25) is 10.0 Å². The van der Waals surface area contributed by atoms with Gasteiger partial charge in [0.2, 0.25) is 5.91 Å². The first-order valence-electron chi connectivity index (χ1n) is 12.3. The van der Waals surface area contributed by atoms with Crippen LogP contribution in [0.25, 0.3) is 17.2 Å². The average Bonchev–Trinajstić information content (AvgIpc) is 3.46. The molecule has 1 aliphatic heterocycles. The fraction of sp³-hybridized carbons (Fsp3) is 0.346. The van der Waals surface area contributed by atoms with Gasteiger partial charge in [-0.05, 0) is 37.0 Å². The Morgan fingerprint density at radius 1 is 1.16 bits per heavy atom. The van der Waals surface area contributed by atoms with Gasteiger partial charge in [0.25, 0.3) is 0 Å². The van der Waals surface area contributed by atoms with E-state index in [1.807, 2.05) is 16.8 Å². The molecule has 1 aliphatic carbocycles. The lowest BCUT2D eigenvalue weighted by molar-refractivity contribution is -0.119. The number of fused-ring (bicyclic) bond motifs is 2. The summed E-state index contributed by atoms with van der Waals surface area (Å²) in [6.07, 6.45) is 12.5. The Hall–Kier alpha value is -3.43. The first kappa shape index (κ1) is 23.9. The molecule has 9 nitrogen and oxygen atoms in total. The van der Waals surface area contributed by atoms with Crippen LogP contribution in [0.1, 0.15) is 55.8 Å². The number of nitrogens with two attached hydrogens (primary N) is 1. The van der Waals surface area contributed by atoms with E-state index in [0.717, 1.165) is 17.8 Å². The molecule has 37 heavy (non-hydrogen) atoms. The summed E-state index contributed by atoms with van der Waals surface area (Å²) in [4.78, 5) is 31.9. The van der Waals surface area contributed by atoms with Gasteiger partial charge in [-0.2, -0.15) is 0 Å². The Kier molecular flexibility index (Phi) is 5.72. The molecule has 1 unspecified atom stereocenters. The zero-order chi connectivity index (χ0) is 25.9. The van der Waals surface area contributed by atoms with E-state index in [1.54, 1.807) is 13.1 Å². The number of hydrogen-bond acceptors (Lipinski definition) is 7. The van der Waals surface area contributed by atoms with Crippen molar-refractivity contribution in [3.63, 3.8) is 0 Å². The molecule has 1 fully saturated rings. The maximum absolute atomic E-state index is 13.3. The first-order valence-corrected chi connectivity index (χ1v) is 13.0. The lowest BCUT2D eigenvalue weighted by Crippen LogP contribution is -2.33. The van der Waals surface area contributed by atoms with E-state index >= 15 is 0 Å². The van der Waals surface area contributed by atoms with Crippen LogP contribution in [0.4, 0.5) is 11.6 Å². The monoisotopic (exact) mass is 537 g/mol. The molecule has 11 heteroatoms. The summed E-state index contributed by atoms with van der Waals surface area (Å²) >= 11 is 12.3. The van der Waals surface area contributed by atoms with Gasteiger partial charge in [0, 0.05) is 18.6 Å². The van der Waals surface area contributed by atoms with Gasteiger partial charge < -0.3 is 20.6 Å². The second-order valence-electron chi connectivity index (χ2n) is 9.96. The Bertz CT molecular complexity index is 1540. The van der Waals surface area contributed by atoms with Gasteiger partial charge in [0.15, 0.2) is 17.2 Å². The molecule has 190 valence electrons. The summed E-state index contributed by atoms with van der Waals surface area (Å²) in [6, 6.07) is 2.99. The molecule has 0 radical (unpaired) electrons. The van der Waals surface area contributed by atoms with Gasteiger partial charge >= 0.3 is 0 Å². The largest absolute Gasteiger partial charge is 0.505 e. The molecule has 0 spiro atoms. The molecular weight excluding hydrogens is 513 g/mol. The lowest BCUT2D eigenvalue weighted by atomic mass is 9.77. The fourth-order valence-electron chi connectivity index (χ4n) is 5.56. The number of aromatic nitrogens is 5. The summed E-state index contributed by atoms with van der Waals surface area (Å²) in [5.41, 5.74) is 8.37. The van der Waals surface area contributed by atoms with Gasteiger partial charge in [-0.1, -0.05) is 55.3 Å². The minimum absolute atomic E-state index is 0.0319. The third-order valence-corrected chi connectivity index (χ3v) is 8.17. The van der Waals surface area contributed by atoms with Gasteiger partial charge in [-0.3, -0.25) is 4.79 Å². The second-order valence-corrected chi connectivity index (χ2v) is 10.8. The summed E-state index contributed by atoms with van der Waals surface area (Å²) in [5, 5.41) is 12.9. The number of halogens is 2. The summed E-state index contributed by atoms with van der Waals surface area (Å²) in [5.74, 6) is 0.725. The summed E-state index contributed by atoms with van der Waals surface area (Å²) in [7, 11) is 0. The molecule has 0 saturated heterocycles. The predicted molar refractivity (Wildman–Crippen MR) is 142 cm³/mol. The Balaban J connectivity index is 1.44. The summed E-state index contributed by atoms with van der Waals surface area (Å²) in [6.45, 7) is 1.70. The van der Waals surface area contributed by atoms with Crippen LogP contribution >= 0.6 is 23.2 Å². The maximum Gasteiger partial charge on any atom is 0.240 e. The van der Waals surface area contributed by atoms with E-state index in [0.29, 0.717) is 34.4 Å². The van der Waals surface area contributed by atoms with E-state index in [1.165, 1.54) is 44.2 Å². The van der Waals surface area contributed by atoms with Crippen molar-refractivity contribution in [2.75, 3.05) is 11.1 Å². The van der Waals surface area contributed by atoms with E-state index in [2.05, 4.69) is 20.3 Å². The topological polar surface area (TPSA) is 131 Å². The zero-order valence-electron chi connectivity index (χ0n) is 20.1. The third-order valence-electron chi connectivity index (χ3n) is 7.60. The highest BCUT2D eigenvalue weighted by molar-refractivity contribution is 6.37. The van der Waals surface area contributed by atoms with E-state index < -0.39 is 5.41 Å². The molecule has 6 rings (SSSR count). The van der Waals surface area contributed by atoms with Crippen molar-refractivity contribution in [2.24, 2.45) is 5.92 Å². The van der Waals surface area contributed by atoms with Crippen LogP contribution in [-0.2, 0) is 16.6 Å². The SMILES string of the molecule is CC1(c2cc(Cl)c(O)c(Cl)c2)C(=O)Nc2nc(-c3cn4ccnc4c(CC4CCCCC4)n3)nc(N)c21. The molecule has 0 bridgehead atoms. The molecule has 4 N–H and O–H groups in total. The molecule has 2 aliphatic rings. The average molecular weight is 538 g/mol. The van der Waals surface area contributed by atoms with Crippen LogP contribution in [0, 0.1) is 5.92 Å². The quantitative estimate of drug-likeness (QED) is 0.327. The van der Waals surface area contributed by atoms with Crippen molar-refractivity contribution in [1.82, 2.24) is 24.3 Å². The van der Waals surface area contributed by atoms with Crippen molar-refractivity contribution >= 4 is 46.4 Å². The number of imidazole rings is 1. The standard InChI is InChI=1S/C26H25Cl2N7O2/c1-26(14-10-15(27)20(36)16(28)11-14)19-21(29)32-22(33-23(19)34-25(26)37)18-12-35-8-7-30-24(35)17(31-18)9-13-5-3-2-4-6-13/h7-8,10-13,36H,2-6,9H2,1H3,(H3,29,32,33,34,37). The van der Waals surface area contributed by atoms with Crippen LogP contribution in [0.3, 0.4) is 0 Å². The number of benzene rings is 1. The molecular formula is C26H25Cl2N7O2. The molecule has 1 atom stereocenters. The number of carbonyl (C=O) groups is 1. The van der Waals surface area contributed by atoms with Crippen molar-refractivity contribution in [3.05, 3.63) is 57.6 Å². The number of rotatable bonds is 4. The number of hydrogen-bond donors (Lipinski definition) is 3. The lowest BCUT2D eigenvalue weighted by Gasteiger charge is -2.24. The highest BCUT2D eigenvalue weighted by atomic mass is 35.5. The van der Waals surface area contributed by atoms with Gasteiger partial charge in [0.1, 0.15) is 22.7 Å². The molecule has 1 amide bonds. The van der Waals surface area contributed by atoms with Crippen LogP contribution in [0.15, 0.2) is 30.7 Å². The molecule has 3 aromatic heterocycles. The highest BCUT2D eigenvalue weighted by Gasteiger charge is 2.48. The normalized spacial score (nSPS) is 19.8. The Labute approximate surface area is 223 Å². The van der Waals surface area contributed by atoms with Gasteiger partial charge in [-0.15, -0.1) is 0 Å². The first-order chi connectivity index (χ1) is 17.8. The number of amides is 1. The molecule has 4 aromatic rings. The van der Waals surface area contributed by atoms with Gasteiger partial charge in [0.05, 0.1) is 21.3 Å². The number of nitrogens with zero attached hydrogens (tertiary/aromatic N) is 5. The number of carbonyl (C=O) groups excluding carboxylic acids is 1. The second kappa shape index (κ2) is 8.85. The predicted octanol–water partition coefficient (Wildman–Crippen LogP) is 5.16. The maximum atomic E-state index is 13.3. The van der Waals surface area contributed by atoms with Crippen molar-refractivity contribution in [3.8, 4) is 17.3 Å². The minimum Gasteiger partial charge on any atom is -0.505 e.